The lowest BCUT2D eigenvalue weighted by Crippen LogP contribution is -2.13. The van der Waals surface area contributed by atoms with Crippen LogP contribution in [0.4, 0.5) is 4.39 Å². The zero-order valence-corrected chi connectivity index (χ0v) is 12.2. The summed E-state index contributed by atoms with van der Waals surface area (Å²) in [6, 6.07) is 8.35. The summed E-state index contributed by atoms with van der Waals surface area (Å²) in [4.78, 5) is 4.28. The van der Waals surface area contributed by atoms with E-state index in [1.807, 2.05) is 20.0 Å². The van der Waals surface area contributed by atoms with Crippen LogP contribution in [0.25, 0.3) is 0 Å². The maximum Gasteiger partial charge on any atom is 0.165 e. The molecule has 0 saturated heterocycles. The average Bonchev–Trinajstić information content (AvgIpc) is 2.43. The van der Waals surface area contributed by atoms with Crippen molar-refractivity contribution in [2.75, 3.05) is 7.05 Å². The van der Waals surface area contributed by atoms with Gasteiger partial charge in [-0.3, -0.25) is 4.98 Å². The van der Waals surface area contributed by atoms with E-state index in [0.29, 0.717) is 5.75 Å². The van der Waals surface area contributed by atoms with Gasteiger partial charge in [-0.1, -0.05) is 15.9 Å². The van der Waals surface area contributed by atoms with Crippen molar-refractivity contribution in [3.05, 3.63) is 52.5 Å². The van der Waals surface area contributed by atoms with Crippen molar-refractivity contribution in [2.45, 2.75) is 13.0 Å². The third-order valence-corrected chi connectivity index (χ3v) is 3.25. The Labute approximate surface area is 119 Å². The first-order chi connectivity index (χ1) is 9.10. The molecule has 1 atom stereocenters. The van der Waals surface area contributed by atoms with Gasteiger partial charge in [0.2, 0.25) is 0 Å². The molecule has 0 radical (unpaired) electrons. The molecule has 0 aliphatic carbocycles. The minimum atomic E-state index is -0.407. The number of hydrogen-bond acceptors (Lipinski definition) is 3. The SMILES string of the molecule is CNC(C)c1ccc(Oc2cc(Br)ccc2F)cn1. The summed E-state index contributed by atoms with van der Waals surface area (Å²) in [6.45, 7) is 2.01. The number of ether oxygens (including phenoxy) is 1. The molecule has 0 aliphatic rings. The van der Waals surface area contributed by atoms with Crippen molar-refractivity contribution in [3.63, 3.8) is 0 Å². The first-order valence-corrected chi connectivity index (χ1v) is 6.65. The monoisotopic (exact) mass is 324 g/mol. The lowest BCUT2D eigenvalue weighted by molar-refractivity contribution is 0.439. The van der Waals surface area contributed by atoms with Crippen molar-refractivity contribution in [1.29, 1.82) is 0 Å². The van der Waals surface area contributed by atoms with Crippen LogP contribution < -0.4 is 10.1 Å². The van der Waals surface area contributed by atoms with Crippen LogP contribution in [0.3, 0.4) is 0 Å². The highest BCUT2D eigenvalue weighted by Gasteiger charge is 2.07. The van der Waals surface area contributed by atoms with Crippen molar-refractivity contribution in [3.8, 4) is 11.5 Å². The van der Waals surface area contributed by atoms with Gasteiger partial charge in [-0.25, -0.2) is 4.39 Å². The van der Waals surface area contributed by atoms with E-state index in [1.165, 1.54) is 6.07 Å². The number of nitrogens with zero attached hydrogens (tertiary/aromatic N) is 1. The van der Waals surface area contributed by atoms with Gasteiger partial charge < -0.3 is 10.1 Å². The van der Waals surface area contributed by atoms with E-state index < -0.39 is 5.82 Å². The van der Waals surface area contributed by atoms with Crippen molar-refractivity contribution in [2.24, 2.45) is 0 Å². The molecule has 2 aromatic rings. The van der Waals surface area contributed by atoms with E-state index >= 15 is 0 Å². The maximum atomic E-state index is 13.5. The highest BCUT2D eigenvalue weighted by molar-refractivity contribution is 9.10. The van der Waals surface area contributed by atoms with Gasteiger partial charge >= 0.3 is 0 Å². The van der Waals surface area contributed by atoms with E-state index in [-0.39, 0.29) is 11.8 Å². The van der Waals surface area contributed by atoms with E-state index in [2.05, 4.69) is 26.2 Å². The maximum absolute atomic E-state index is 13.5. The Morgan fingerprint density at radius 1 is 1.32 bits per heavy atom. The third kappa shape index (κ3) is 3.52. The molecule has 0 saturated carbocycles. The number of hydrogen-bond donors (Lipinski definition) is 1. The van der Waals surface area contributed by atoms with Crippen molar-refractivity contribution >= 4 is 15.9 Å². The lowest BCUT2D eigenvalue weighted by Gasteiger charge is -2.11. The lowest BCUT2D eigenvalue weighted by atomic mass is 10.2. The summed E-state index contributed by atoms with van der Waals surface area (Å²) >= 11 is 3.28. The topological polar surface area (TPSA) is 34.1 Å². The number of halogens is 2. The highest BCUT2D eigenvalue weighted by atomic mass is 79.9. The summed E-state index contributed by atoms with van der Waals surface area (Å²) < 4.78 is 19.8. The van der Waals surface area contributed by atoms with E-state index in [0.717, 1.165) is 10.2 Å². The van der Waals surface area contributed by atoms with E-state index in [9.17, 15) is 4.39 Å². The summed E-state index contributed by atoms with van der Waals surface area (Å²) in [5.41, 5.74) is 0.907. The molecule has 1 N–H and O–H groups in total. The Kier molecular flexibility index (Phi) is 4.50. The fourth-order valence-electron chi connectivity index (χ4n) is 1.54. The second kappa shape index (κ2) is 6.12. The Morgan fingerprint density at radius 2 is 2.11 bits per heavy atom. The van der Waals surface area contributed by atoms with Crippen LogP contribution in [0.5, 0.6) is 11.5 Å². The molecule has 1 aromatic heterocycles. The third-order valence-electron chi connectivity index (χ3n) is 2.76. The standard InChI is InChI=1S/C14H14BrFN2O/c1-9(17-2)13-6-4-11(8-18-13)19-14-7-10(15)3-5-12(14)16/h3-9,17H,1-2H3. The van der Waals surface area contributed by atoms with Gasteiger partial charge in [0.15, 0.2) is 11.6 Å². The predicted molar refractivity (Wildman–Crippen MR) is 75.9 cm³/mol. The van der Waals surface area contributed by atoms with Gasteiger partial charge in [0, 0.05) is 10.5 Å². The van der Waals surface area contributed by atoms with Crippen LogP contribution in [0.1, 0.15) is 18.7 Å². The van der Waals surface area contributed by atoms with Gasteiger partial charge in [0.25, 0.3) is 0 Å². The Hall–Kier alpha value is -1.46. The van der Waals surface area contributed by atoms with E-state index in [4.69, 9.17) is 4.74 Å². The van der Waals surface area contributed by atoms with Gasteiger partial charge in [0.05, 0.1) is 11.9 Å². The molecule has 1 unspecified atom stereocenters. The molecule has 2 rings (SSSR count). The highest BCUT2D eigenvalue weighted by Crippen LogP contribution is 2.27. The van der Waals surface area contributed by atoms with Gasteiger partial charge in [-0.2, -0.15) is 0 Å². The quantitative estimate of drug-likeness (QED) is 0.921. The number of nitrogens with one attached hydrogen (secondary N) is 1. The Morgan fingerprint density at radius 3 is 2.74 bits per heavy atom. The molecule has 100 valence electrons. The Balaban J connectivity index is 2.17. The molecule has 0 fully saturated rings. The molecule has 3 nitrogen and oxygen atoms in total. The zero-order chi connectivity index (χ0) is 13.8. The van der Waals surface area contributed by atoms with Crippen molar-refractivity contribution in [1.82, 2.24) is 10.3 Å². The molecule has 1 aromatic carbocycles. The number of pyridine rings is 1. The first kappa shape index (κ1) is 14.0. The molecule has 1 heterocycles. The van der Waals surface area contributed by atoms with E-state index in [1.54, 1.807) is 24.4 Å². The largest absolute Gasteiger partial charge is 0.453 e. The van der Waals surface area contributed by atoms with Crippen LogP contribution in [0, 0.1) is 5.82 Å². The number of aromatic nitrogens is 1. The van der Waals surface area contributed by atoms with Crippen LogP contribution in [0.2, 0.25) is 0 Å². The van der Waals surface area contributed by atoms with Gasteiger partial charge in [-0.05, 0) is 44.3 Å². The van der Waals surface area contributed by atoms with Crippen LogP contribution in [-0.4, -0.2) is 12.0 Å². The predicted octanol–water partition coefficient (Wildman–Crippen LogP) is 4.06. The normalized spacial score (nSPS) is 12.2. The molecule has 19 heavy (non-hydrogen) atoms. The van der Waals surface area contributed by atoms with Crippen LogP contribution >= 0.6 is 15.9 Å². The molecule has 0 aliphatic heterocycles. The molecular weight excluding hydrogens is 311 g/mol. The Bertz CT molecular complexity index is 560. The van der Waals surface area contributed by atoms with Gasteiger partial charge in [0.1, 0.15) is 5.75 Å². The smallest absolute Gasteiger partial charge is 0.165 e. The first-order valence-electron chi connectivity index (χ1n) is 5.86. The average molecular weight is 325 g/mol. The number of rotatable bonds is 4. The fourth-order valence-corrected chi connectivity index (χ4v) is 1.88. The zero-order valence-electron chi connectivity index (χ0n) is 10.7. The molecule has 0 spiro atoms. The summed E-state index contributed by atoms with van der Waals surface area (Å²) in [7, 11) is 1.87. The minimum absolute atomic E-state index is 0.164. The molecule has 0 bridgehead atoms. The molecule has 0 amide bonds. The molecular formula is C14H14BrFN2O. The second-order valence-electron chi connectivity index (χ2n) is 4.11. The summed E-state index contributed by atoms with van der Waals surface area (Å²) in [6.07, 6.45) is 1.59. The summed E-state index contributed by atoms with van der Waals surface area (Å²) in [5.74, 6) is 0.269. The van der Waals surface area contributed by atoms with Crippen molar-refractivity contribution < 1.29 is 9.13 Å². The second-order valence-corrected chi connectivity index (χ2v) is 5.02. The number of benzene rings is 1. The van der Waals surface area contributed by atoms with Gasteiger partial charge in [-0.15, -0.1) is 0 Å². The minimum Gasteiger partial charge on any atom is -0.453 e. The summed E-state index contributed by atoms with van der Waals surface area (Å²) in [5, 5.41) is 3.10. The van der Waals surface area contributed by atoms with Crippen LogP contribution in [-0.2, 0) is 0 Å². The van der Waals surface area contributed by atoms with Crippen LogP contribution in [0.15, 0.2) is 41.0 Å². The molecule has 5 heteroatoms. The fraction of sp³-hybridized carbons (Fsp3) is 0.214.